The van der Waals surface area contributed by atoms with Crippen LogP contribution in [0.1, 0.15) is 28.8 Å². The summed E-state index contributed by atoms with van der Waals surface area (Å²) in [6.07, 6.45) is 0.0493. The topological polar surface area (TPSA) is 108 Å². The van der Waals surface area contributed by atoms with Crippen molar-refractivity contribution in [2.75, 3.05) is 6.54 Å². The molecule has 0 saturated heterocycles. The van der Waals surface area contributed by atoms with Gasteiger partial charge in [0.1, 0.15) is 0 Å². The summed E-state index contributed by atoms with van der Waals surface area (Å²) in [5, 5.41) is 15.9. The SMILES string of the molecule is O=C(O)CCC(=NNC(=O)CNC(=O)c1ccc(Cl)cc1)c1ccccc1. The molecule has 8 heteroatoms. The molecule has 0 spiro atoms. The molecule has 0 bridgehead atoms. The van der Waals surface area contributed by atoms with Crippen molar-refractivity contribution in [3.05, 3.63) is 70.7 Å². The summed E-state index contributed by atoms with van der Waals surface area (Å²) in [7, 11) is 0. The van der Waals surface area contributed by atoms with Crippen molar-refractivity contribution in [3.8, 4) is 0 Å². The first kappa shape index (κ1) is 20.1. The number of carbonyl (C=O) groups is 3. The number of amides is 2. The van der Waals surface area contributed by atoms with Crippen LogP contribution in [-0.4, -0.2) is 35.1 Å². The van der Waals surface area contributed by atoms with Gasteiger partial charge in [-0.25, -0.2) is 5.43 Å². The average molecular weight is 388 g/mol. The quantitative estimate of drug-likeness (QED) is 0.477. The van der Waals surface area contributed by atoms with Crippen molar-refractivity contribution >= 4 is 35.1 Å². The molecule has 0 saturated carbocycles. The van der Waals surface area contributed by atoms with Crippen LogP contribution in [0, 0.1) is 0 Å². The van der Waals surface area contributed by atoms with Gasteiger partial charge in [-0.3, -0.25) is 14.4 Å². The maximum absolute atomic E-state index is 12.0. The van der Waals surface area contributed by atoms with E-state index in [0.717, 1.165) is 0 Å². The number of aliphatic carboxylic acids is 1. The predicted molar refractivity (Wildman–Crippen MR) is 102 cm³/mol. The molecule has 7 nitrogen and oxygen atoms in total. The fourth-order valence-corrected chi connectivity index (χ4v) is 2.28. The van der Waals surface area contributed by atoms with Crippen LogP contribution in [0.15, 0.2) is 59.7 Å². The number of halogens is 1. The van der Waals surface area contributed by atoms with Crippen LogP contribution < -0.4 is 10.7 Å². The lowest BCUT2D eigenvalue weighted by Crippen LogP contribution is -2.35. The zero-order valence-electron chi connectivity index (χ0n) is 14.3. The molecule has 2 aromatic rings. The van der Waals surface area contributed by atoms with E-state index < -0.39 is 17.8 Å². The number of carbonyl (C=O) groups excluding carboxylic acids is 2. The average Bonchev–Trinajstić information content (AvgIpc) is 2.67. The third-order valence-electron chi connectivity index (χ3n) is 3.51. The van der Waals surface area contributed by atoms with Gasteiger partial charge in [-0.1, -0.05) is 41.9 Å². The third kappa shape index (κ3) is 6.91. The monoisotopic (exact) mass is 387 g/mol. The highest BCUT2D eigenvalue weighted by Gasteiger charge is 2.10. The zero-order valence-corrected chi connectivity index (χ0v) is 15.1. The van der Waals surface area contributed by atoms with Crippen molar-refractivity contribution in [2.45, 2.75) is 12.8 Å². The van der Waals surface area contributed by atoms with Gasteiger partial charge in [0.25, 0.3) is 11.8 Å². The third-order valence-corrected chi connectivity index (χ3v) is 3.77. The fraction of sp³-hybridized carbons (Fsp3) is 0.158. The number of carboxylic acid groups (broad SMARTS) is 1. The number of nitrogens with zero attached hydrogens (tertiary/aromatic N) is 1. The molecule has 2 rings (SSSR count). The van der Waals surface area contributed by atoms with E-state index in [-0.39, 0.29) is 19.4 Å². The Hall–Kier alpha value is -3.19. The maximum Gasteiger partial charge on any atom is 0.303 e. The van der Waals surface area contributed by atoms with Crippen LogP contribution >= 0.6 is 11.6 Å². The summed E-state index contributed by atoms with van der Waals surface area (Å²) < 4.78 is 0. The van der Waals surface area contributed by atoms with E-state index >= 15 is 0 Å². The van der Waals surface area contributed by atoms with Crippen molar-refractivity contribution in [2.24, 2.45) is 5.10 Å². The first-order chi connectivity index (χ1) is 13.0. The van der Waals surface area contributed by atoms with E-state index in [1.165, 1.54) is 0 Å². The van der Waals surface area contributed by atoms with Gasteiger partial charge in [-0.05, 0) is 29.8 Å². The Morgan fingerprint density at radius 1 is 0.926 bits per heavy atom. The van der Waals surface area contributed by atoms with Gasteiger partial charge in [-0.15, -0.1) is 0 Å². The van der Waals surface area contributed by atoms with Crippen molar-refractivity contribution in [1.82, 2.24) is 10.7 Å². The second-order valence-corrected chi connectivity index (χ2v) is 5.98. The van der Waals surface area contributed by atoms with Gasteiger partial charge >= 0.3 is 5.97 Å². The predicted octanol–water partition coefficient (Wildman–Crippen LogP) is 2.46. The van der Waals surface area contributed by atoms with Gasteiger partial charge in [0, 0.05) is 17.0 Å². The molecule has 0 aliphatic heterocycles. The highest BCUT2D eigenvalue weighted by molar-refractivity contribution is 6.30. The molecule has 0 fully saturated rings. The van der Waals surface area contributed by atoms with Gasteiger partial charge in [-0.2, -0.15) is 5.10 Å². The van der Waals surface area contributed by atoms with E-state index in [9.17, 15) is 14.4 Å². The van der Waals surface area contributed by atoms with Crippen LogP contribution in [0.4, 0.5) is 0 Å². The summed E-state index contributed by atoms with van der Waals surface area (Å²) in [5.41, 5.74) is 3.87. The van der Waals surface area contributed by atoms with E-state index in [1.807, 2.05) is 6.07 Å². The summed E-state index contributed by atoms with van der Waals surface area (Å²) in [4.78, 5) is 34.7. The van der Waals surface area contributed by atoms with E-state index in [2.05, 4.69) is 15.8 Å². The van der Waals surface area contributed by atoms with Crippen molar-refractivity contribution < 1.29 is 19.5 Å². The Labute approximate surface area is 161 Å². The largest absolute Gasteiger partial charge is 0.481 e. The standard InChI is InChI=1S/C19H18ClN3O4/c20-15-8-6-14(7-9-15)19(27)21-12-17(24)23-22-16(10-11-18(25)26)13-4-2-1-3-5-13/h1-9H,10-12H2,(H,21,27)(H,23,24)(H,25,26). The Kier molecular flexibility index (Phi) is 7.51. The summed E-state index contributed by atoms with van der Waals surface area (Å²) in [6.45, 7) is -0.272. The second-order valence-electron chi connectivity index (χ2n) is 5.54. The first-order valence-electron chi connectivity index (χ1n) is 8.12. The van der Waals surface area contributed by atoms with Gasteiger partial charge in [0.2, 0.25) is 0 Å². The highest BCUT2D eigenvalue weighted by Crippen LogP contribution is 2.09. The van der Waals surface area contributed by atoms with Gasteiger partial charge < -0.3 is 10.4 Å². The molecule has 27 heavy (non-hydrogen) atoms. The lowest BCUT2D eigenvalue weighted by molar-refractivity contribution is -0.136. The van der Waals surface area contributed by atoms with Crippen molar-refractivity contribution in [1.29, 1.82) is 0 Å². The Balaban J connectivity index is 1.94. The molecule has 3 N–H and O–H groups in total. The van der Waals surface area contributed by atoms with Gasteiger partial charge in [0.05, 0.1) is 18.7 Å². The molecule has 0 radical (unpaired) electrons. The molecular weight excluding hydrogens is 370 g/mol. The number of rotatable bonds is 8. The van der Waals surface area contributed by atoms with Crippen LogP contribution in [0.25, 0.3) is 0 Å². The Morgan fingerprint density at radius 2 is 1.59 bits per heavy atom. The van der Waals surface area contributed by atoms with Gasteiger partial charge in [0.15, 0.2) is 0 Å². The molecule has 0 unspecified atom stereocenters. The highest BCUT2D eigenvalue weighted by atomic mass is 35.5. The number of carboxylic acids is 1. The molecular formula is C19H18ClN3O4. The molecule has 0 atom stereocenters. The maximum atomic E-state index is 12.0. The molecule has 2 amide bonds. The summed E-state index contributed by atoms with van der Waals surface area (Å²) in [5.74, 6) is -1.90. The van der Waals surface area contributed by atoms with Crippen LogP contribution in [0.2, 0.25) is 5.02 Å². The minimum atomic E-state index is -0.958. The minimum Gasteiger partial charge on any atom is -0.481 e. The molecule has 0 heterocycles. The molecule has 0 aliphatic rings. The van der Waals surface area contributed by atoms with Crippen molar-refractivity contribution in [3.63, 3.8) is 0 Å². The smallest absolute Gasteiger partial charge is 0.303 e. The number of benzene rings is 2. The van der Waals surface area contributed by atoms with Crippen LogP contribution in [-0.2, 0) is 9.59 Å². The zero-order chi connectivity index (χ0) is 19.6. The van der Waals surface area contributed by atoms with E-state index in [1.54, 1.807) is 48.5 Å². The lowest BCUT2D eigenvalue weighted by Gasteiger charge is -2.07. The van der Waals surface area contributed by atoms with E-state index in [0.29, 0.717) is 21.9 Å². The van der Waals surface area contributed by atoms with Crippen LogP contribution in [0.3, 0.4) is 0 Å². The number of nitrogens with one attached hydrogen (secondary N) is 2. The number of hydrogen-bond acceptors (Lipinski definition) is 4. The molecule has 140 valence electrons. The molecule has 0 aromatic heterocycles. The minimum absolute atomic E-state index is 0.114. The fourth-order valence-electron chi connectivity index (χ4n) is 2.15. The first-order valence-corrected chi connectivity index (χ1v) is 8.50. The lowest BCUT2D eigenvalue weighted by atomic mass is 10.1. The van der Waals surface area contributed by atoms with Crippen LogP contribution in [0.5, 0.6) is 0 Å². The Bertz CT molecular complexity index is 836. The molecule has 2 aromatic carbocycles. The number of hydrogen-bond donors (Lipinski definition) is 3. The second kappa shape index (κ2) is 10.1. The normalized spacial score (nSPS) is 10.9. The molecule has 0 aliphatic carbocycles. The summed E-state index contributed by atoms with van der Waals surface area (Å²) in [6, 6.07) is 15.2. The summed E-state index contributed by atoms with van der Waals surface area (Å²) >= 11 is 5.76. The Morgan fingerprint density at radius 3 is 2.22 bits per heavy atom. The number of hydrazone groups is 1. The van der Waals surface area contributed by atoms with E-state index in [4.69, 9.17) is 16.7 Å².